The average Bonchev–Trinajstić information content (AvgIpc) is 2.87. The van der Waals surface area contributed by atoms with Crippen LogP contribution < -0.4 is 0 Å². The highest BCUT2D eigenvalue weighted by Gasteiger charge is 2.36. The Balaban J connectivity index is 1.93. The molecule has 0 aromatic rings. The molecule has 0 N–H and O–H groups in total. The number of methoxy groups -OCH3 is 1. The number of carbonyl (C=O) groups is 1. The molecule has 2 aliphatic rings. The number of hydrogen-bond acceptors (Lipinski definition) is 4. The molecule has 96 valence electrons. The summed E-state index contributed by atoms with van der Waals surface area (Å²) in [5.41, 5.74) is 0. The molecule has 2 aliphatic heterocycles. The van der Waals surface area contributed by atoms with Gasteiger partial charge in [-0.1, -0.05) is 6.58 Å². The Bertz CT molecular complexity index is 285. The van der Waals surface area contributed by atoms with Crippen LogP contribution in [0.25, 0.3) is 0 Å². The summed E-state index contributed by atoms with van der Waals surface area (Å²) in [6, 6.07) is 0.540. The van der Waals surface area contributed by atoms with E-state index in [-0.39, 0.29) is 12.0 Å². The Morgan fingerprint density at radius 3 is 2.59 bits per heavy atom. The lowest BCUT2D eigenvalue weighted by Crippen LogP contribution is -2.48. The van der Waals surface area contributed by atoms with E-state index in [2.05, 4.69) is 16.4 Å². The molecule has 1 atom stereocenters. The topological polar surface area (TPSA) is 32.8 Å². The minimum absolute atomic E-state index is 0.000260. The number of rotatable bonds is 3. The molecule has 4 nitrogen and oxygen atoms in total. The van der Waals surface area contributed by atoms with Crippen molar-refractivity contribution < 1.29 is 9.53 Å². The summed E-state index contributed by atoms with van der Waals surface area (Å²) in [7, 11) is 1.49. The first-order chi connectivity index (χ1) is 8.26. The molecule has 0 spiro atoms. The van der Waals surface area contributed by atoms with E-state index in [9.17, 15) is 4.79 Å². The Morgan fingerprint density at radius 1 is 1.29 bits per heavy atom. The van der Waals surface area contributed by atoms with Crippen molar-refractivity contribution in [3.8, 4) is 0 Å². The smallest absolute Gasteiger partial charge is 0.323 e. The first-order valence-electron chi connectivity index (χ1n) is 6.46. The Hall–Kier alpha value is -1.03. The Morgan fingerprint density at radius 2 is 2.00 bits per heavy atom. The second-order valence-corrected chi connectivity index (χ2v) is 4.87. The molecule has 2 fully saturated rings. The van der Waals surface area contributed by atoms with Crippen LogP contribution in [0.4, 0.5) is 0 Å². The maximum atomic E-state index is 11.7. The molecule has 0 aromatic carbocycles. The van der Waals surface area contributed by atoms with Crippen LogP contribution in [0.15, 0.2) is 12.8 Å². The molecule has 0 bridgehead atoms. The van der Waals surface area contributed by atoms with Crippen LogP contribution in [0.3, 0.4) is 0 Å². The van der Waals surface area contributed by atoms with Crippen LogP contribution in [0.2, 0.25) is 0 Å². The molecule has 0 amide bonds. The number of ether oxygens (including phenoxy) is 1. The van der Waals surface area contributed by atoms with E-state index in [4.69, 9.17) is 4.74 Å². The largest absolute Gasteiger partial charge is 0.468 e. The molecular formula is C13H22N2O2. The van der Waals surface area contributed by atoms with Crippen molar-refractivity contribution in [1.82, 2.24) is 9.80 Å². The lowest BCUT2D eigenvalue weighted by molar-refractivity contribution is -0.147. The van der Waals surface area contributed by atoms with Gasteiger partial charge in [0.1, 0.15) is 6.04 Å². The van der Waals surface area contributed by atoms with Gasteiger partial charge in [-0.15, -0.1) is 0 Å². The standard InChI is InChI=1S/C13H22N2O2/c1-3-14-9-6-11(7-10-14)15-8-4-5-12(15)13(16)17-2/h3,11-12H,1,4-10H2,2H3/t12-/m1/s1. The quantitative estimate of drug-likeness (QED) is 0.692. The highest BCUT2D eigenvalue weighted by Crippen LogP contribution is 2.26. The fourth-order valence-corrected chi connectivity index (χ4v) is 3.02. The third-order valence-corrected chi connectivity index (χ3v) is 3.99. The Labute approximate surface area is 103 Å². The fraction of sp³-hybridized carbons (Fsp3) is 0.769. The summed E-state index contributed by atoms with van der Waals surface area (Å²) in [5.74, 6) is -0.0614. The number of piperidine rings is 1. The number of hydrogen-bond donors (Lipinski definition) is 0. The van der Waals surface area contributed by atoms with Gasteiger partial charge in [0.05, 0.1) is 7.11 Å². The molecule has 0 saturated carbocycles. The van der Waals surface area contributed by atoms with Crippen LogP contribution in [0.5, 0.6) is 0 Å². The first-order valence-corrected chi connectivity index (χ1v) is 6.46. The van der Waals surface area contributed by atoms with Crippen molar-refractivity contribution in [2.75, 3.05) is 26.7 Å². The number of likely N-dealkylation sites (tertiary alicyclic amines) is 2. The third kappa shape index (κ3) is 2.63. The minimum atomic E-state index is -0.0614. The molecular weight excluding hydrogens is 216 g/mol. The van der Waals surface area contributed by atoms with E-state index >= 15 is 0 Å². The second kappa shape index (κ2) is 5.54. The van der Waals surface area contributed by atoms with Gasteiger partial charge >= 0.3 is 5.97 Å². The van der Waals surface area contributed by atoms with Crippen molar-refractivity contribution in [3.63, 3.8) is 0 Å². The second-order valence-electron chi connectivity index (χ2n) is 4.87. The highest BCUT2D eigenvalue weighted by atomic mass is 16.5. The average molecular weight is 238 g/mol. The lowest BCUT2D eigenvalue weighted by atomic mass is 10.0. The molecule has 2 saturated heterocycles. The molecule has 0 unspecified atom stereocenters. The number of esters is 1. The summed E-state index contributed by atoms with van der Waals surface area (Å²) >= 11 is 0. The molecule has 2 rings (SSSR count). The van der Waals surface area contributed by atoms with Gasteiger partial charge in [-0.25, -0.2) is 0 Å². The lowest BCUT2D eigenvalue weighted by Gasteiger charge is -2.38. The van der Waals surface area contributed by atoms with Crippen LogP contribution in [0, 0.1) is 0 Å². The molecule has 2 heterocycles. The van der Waals surface area contributed by atoms with Gasteiger partial charge in [0, 0.05) is 19.1 Å². The van der Waals surface area contributed by atoms with E-state index in [1.54, 1.807) is 0 Å². The molecule has 0 aromatic heterocycles. The molecule has 17 heavy (non-hydrogen) atoms. The van der Waals surface area contributed by atoms with Crippen molar-refractivity contribution >= 4 is 5.97 Å². The summed E-state index contributed by atoms with van der Waals surface area (Å²) in [6.45, 7) is 6.95. The van der Waals surface area contributed by atoms with Crippen molar-refractivity contribution in [2.45, 2.75) is 37.8 Å². The van der Waals surface area contributed by atoms with Crippen LogP contribution in [-0.4, -0.2) is 54.6 Å². The van der Waals surface area contributed by atoms with Gasteiger partial charge in [0.25, 0.3) is 0 Å². The van der Waals surface area contributed by atoms with Gasteiger partial charge in [-0.05, 0) is 38.4 Å². The minimum Gasteiger partial charge on any atom is -0.468 e. The van der Waals surface area contributed by atoms with Crippen LogP contribution in [-0.2, 0) is 9.53 Å². The third-order valence-electron chi connectivity index (χ3n) is 3.99. The highest BCUT2D eigenvalue weighted by molar-refractivity contribution is 5.76. The first kappa shape index (κ1) is 12.4. The summed E-state index contributed by atoms with van der Waals surface area (Å²) in [4.78, 5) is 16.3. The summed E-state index contributed by atoms with van der Waals surface area (Å²) in [5, 5.41) is 0. The van der Waals surface area contributed by atoms with Gasteiger partial charge < -0.3 is 9.64 Å². The SMILES string of the molecule is C=CN1CCC(N2CCC[C@@H]2C(=O)OC)CC1. The zero-order valence-corrected chi connectivity index (χ0v) is 10.6. The molecule has 0 radical (unpaired) electrons. The summed E-state index contributed by atoms with van der Waals surface area (Å²) in [6.07, 6.45) is 6.23. The number of carbonyl (C=O) groups excluding carboxylic acids is 1. The maximum Gasteiger partial charge on any atom is 0.323 e. The van der Waals surface area contributed by atoms with Crippen LogP contribution >= 0.6 is 0 Å². The van der Waals surface area contributed by atoms with E-state index in [1.807, 2.05) is 6.20 Å². The molecule has 0 aliphatic carbocycles. The van der Waals surface area contributed by atoms with E-state index in [0.717, 1.165) is 45.3 Å². The predicted octanol–water partition coefficient (Wildman–Crippen LogP) is 1.23. The van der Waals surface area contributed by atoms with Gasteiger partial charge in [0.2, 0.25) is 0 Å². The maximum absolute atomic E-state index is 11.7. The van der Waals surface area contributed by atoms with E-state index in [0.29, 0.717) is 6.04 Å². The normalized spacial score (nSPS) is 27.1. The predicted molar refractivity (Wildman–Crippen MR) is 66.5 cm³/mol. The van der Waals surface area contributed by atoms with E-state index < -0.39 is 0 Å². The fourth-order valence-electron chi connectivity index (χ4n) is 3.02. The number of nitrogens with zero attached hydrogens (tertiary/aromatic N) is 2. The van der Waals surface area contributed by atoms with Crippen LogP contribution in [0.1, 0.15) is 25.7 Å². The molecule has 4 heteroatoms. The van der Waals surface area contributed by atoms with Gasteiger partial charge in [-0.2, -0.15) is 0 Å². The Kier molecular flexibility index (Phi) is 4.05. The zero-order chi connectivity index (χ0) is 12.3. The van der Waals surface area contributed by atoms with E-state index in [1.165, 1.54) is 7.11 Å². The van der Waals surface area contributed by atoms with Gasteiger partial charge in [0.15, 0.2) is 0 Å². The monoisotopic (exact) mass is 238 g/mol. The van der Waals surface area contributed by atoms with Crippen molar-refractivity contribution in [3.05, 3.63) is 12.8 Å². The zero-order valence-electron chi connectivity index (χ0n) is 10.6. The summed E-state index contributed by atoms with van der Waals surface area (Å²) < 4.78 is 4.89. The van der Waals surface area contributed by atoms with Crippen molar-refractivity contribution in [2.24, 2.45) is 0 Å². The van der Waals surface area contributed by atoms with Crippen molar-refractivity contribution in [1.29, 1.82) is 0 Å². The van der Waals surface area contributed by atoms with Gasteiger partial charge in [-0.3, -0.25) is 9.69 Å².